The SMILES string of the molecule is OCCN1C=CC=NN1. The third-order valence-corrected chi connectivity index (χ3v) is 0.954. The van der Waals surface area contributed by atoms with Crippen molar-refractivity contribution in [3.63, 3.8) is 0 Å². The first kappa shape index (κ1) is 6.10. The van der Waals surface area contributed by atoms with Gasteiger partial charge in [0.1, 0.15) is 0 Å². The molecule has 1 heterocycles. The second-order valence-corrected chi connectivity index (χ2v) is 1.64. The van der Waals surface area contributed by atoms with E-state index in [0.717, 1.165) is 0 Å². The molecule has 1 aliphatic heterocycles. The maximum Gasteiger partial charge on any atom is 0.0634 e. The van der Waals surface area contributed by atoms with Gasteiger partial charge >= 0.3 is 0 Å². The molecule has 0 amide bonds. The highest BCUT2D eigenvalue weighted by Crippen LogP contribution is 1.86. The molecule has 0 atom stereocenters. The van der Waals surface area contributed by atoms with Gasteiger partial charge in [0, 0.05) is 6.20 Å². The highest BCUT2D eigenvalue weighted by Gasteiger charge is 1.94. The molecule has 9 heavy (non-hydrogen) atoms. The summed E-state index contributed by atoms with van der Waals surface area (Å²) < 4.78 is 0. The average molecular weight is 127 g/mol. The molecule has 0 aliphatic carbocycles. The number of hydrogen-bond donors (Lipinski definition) is 2. The number of hydrazone groups is 1. The summed E-state index contributed by atoms with van der Waals surface area (Å²) in [6.45, 7) is 0.695. The van der Waals surface area contributed by atoms with Gasteiger partial charge in [0.2, 0.25) is 0 Å². The van der Waals surface area contributed by atoms with Crippen LogP contribution in [0.25, 0.3) is 0 Å². The molecule has 50 valence electrons. The number of aliphatic hydroxyl groups excluding tert-OH is 1. The van der Waals surface area contributed by atoms with Crippen molar-refractivity contribution in [1.82, 2.24) is 10.5 Å². The lowest BCUT2D eigenvalue weighted by Gasteiger charge is -2.18. The normalized spacial score (nSPS) is 15.9. The average Bonchev–Trinajstić information content (AvgIpc) is 1.91. The van der Waals surface area contributed by atoms with E-state index in [2.05, 4.69) is 10.6 Å². The number of hydrogen-bond acceptors (Lipinski definition) is 4. The zero-order chi connectivity index (χ0) is 6.53. The molecule has 0 fully saturated rings. The van der Waals surface area contributed by atoms with Gasteiger partial charge in [-0.2, -0.15) is 5.10 Å². The number of aliphatic hydroxyl groups is 1. The summed E-state index contributed by atoms with van der Waals surface area (Å²) in [6.07, 6.45) is 5.25. The molecule has 0 bridgehead atoms. The predicted molar refractivity (Wildman–Crippen MR) is 34.6 cm³/mol. The van der Waals surface area contributed by atoms with E-state index in [-0.39, 0.29) is 6.61 Å². The topological polar surface area (TPSA) is 47.9 Å². The van der Waals surface area contributed by atoms with Crippen LogP contribution in [0.5, 0.6) is 0 Å². The van der Waals surface area contributed by atoms with E-state index >= 15 is 0 Å². The van der Waals surface area contributed by atoms with Crippen molar-refractivity contribution in [3.05, 3.63) is 12.3 Å². The summed E-state index contributed by atoms with van der Waals surface area (Å²) in [5.41, 5.74) is 2.68. The summed E-state index contributed by atoms with van der Waals surface area (Å²) in [4.78, 5) is 0. The van der Waals surface area contributed by atoms with Crippen LogP contribution in [0.15, 0.2) is 17.4 Å². The van der Waals surface area contributed by atoms with E-state index < -0.39 is 0 Å². The highest BCUT2D eigenvalue weighted by molar-refractivity contribution is 5.70. The van der Waals surface area contributed by atoms with Crippen LogP contribution in [0.4, 0.5) is 0 Å². The second-order valence-electron chi connectivity index (χ2n) is 1.64. The molecular weight excluding hydrogens is 118 g/mol. The van der Waals surface area contributed by atoms with Crippen molar-refractivity contribution in [2.45, 2.75) is 0 Å². The molecule has 4 nitrogen and oxygen atoms in total. The van der Waals surface area contributed by atoms with E-state index in [4.69, 9.17) is 5.11 Å². The number of allylic oxidation sites excluding steroid dienone is 1. The van der Waals surface area contributed by atoms with Crippen LogP contribution < -0.4 is 5.53 Å². The van der Waals surface area contributed by atoms with Crippen LogP contribution >= 0.6 is 0 Å². The van der Waals surface area contributed by atoms with Crippen LogP contribution in [0, 0.1) is 0 Å². The van der Waals surface area contributed by atoms with Crippen molar-refractivity contribution >= 4 is 6.21 Å². The first-order valence-corrected chi connectivity index (χ1v) is 2.76. The van der Waals surface area contributed by atoms with E-state index in [9.17, 15) is 0 Å². The molecule has 4 heteroatoms. The van der Waals surface area contributed by atoms with Crippen molar-refractivity contribution in [2.24, 2.45) is 5.10 Å². The summed E-state index contributed by atoms with van der Waals surface area (Å²) >= 11 is 0. The molecule has 0 aromatic heterocycles. The Balaban J connectivity index is 2.28. The minimum absolute atomic E-state index is 0.132. The van der Waals surface area contributed by atoms with Gasteiger partial charge in [-0.25, -0.2) is 5.53 Å². The molecule has 1 aliphatic rings. The zero-order valence-electron chi connectivity index (χ0n) is 4.99. The van der Waals surface area contributed by atoms with Crippen molar-refractivity contribution in [1.29, 1.82) is 0 Å². The lowest BCUT2D eigenvalue weighted by molar-refractivity contribution is 0.196. The predicted octanol–water partition coefficient (Wildman–Crippen LogP) is -0.702. The second kappa shape index (κ2) is 3.09. The number of nitrogens with zero attached hydrogens (tertiary/aromatic N) is 2. The smallest absolute Gasteiger partial charge is 0.0634 e. The molecule has 2 N–H and O–H groups in total. The summed E-state index contributed by atoms with van der Waals surface area (Å²) in [7, 11) is 0. The highest BCUT2D eigenvalue weighted by atomic mass is 16.3. The Bertz CT molecular complexity index is 132. The number of rotatable bonds is 2. The first-order chi connectivity index (χ1) is 4.43. The van der Waals surface area contributed by atoms with Gasteiger partial charge in [0.15, 0.2) is 0 Å². The fraction of sp³-hybridized carbons (Fsp3) is 0.400. The summed E-state index contributed by atoms with van der Waals surface area (Å²) in [6, 6.07) is 0. The monoisotopic (exact) mass is 127 g/mol. The number of hydrazine groups is 1. The lowest BCUT2D eigenvalue weighted by atomic mass is 10.6. The minimum Gasteiger partial charge on any atom is -0.394 e. The van der Waals surface area contributed by atoms with Crippen molar-refractivity contribution in [3.8, 4) is 0 Å². The van der Waals surface area contributed by atoms with Gasteiger partial charge in [-0.15, -0.1) is 0 Å². The number of β-amino-alcohol motifs (C(OH)–C–C–N with tert-alkyl or cyclic N) is 1. The van der Waals surface area contributed by atoms with Crippen molar-refractivity contribution < 1.29 is 5.11 Å². The lowest BCUT2D eigenvalue weighted by Crippen LogP contribution is -2.33. The van der Waals surface area contributed by atoms with Crippen LogP contribution in [0.1, 0.15) is 0 Å². The van der Waals surface area contributed by atoms with Gasteiger partial charge in [-0.05, 0) is 6.08 Å². The van der Waals surface area contributed by atoms with E-state index in [1.165, 1.54) is 0 Å². The Morgan fingerprint density at radius 1 is 1.67 bits per heavy atom. The Kier molecular flexibility index (Phi) is 2.09. The largest absolute Gasteiger partial charge is 0.394 e. The molecular formula is C5H9N3O. The first-order valence-electron chi connectivity index (χ1n) is 2.76. The van der Waals surface area contributed by atoms with Crippen LogP contribution in [0.2, 0.25) is 0 Å². The fourth-order valence-electron chi connectivity index (χ4n) is 0.559. The molecule has 0 spiro atoms. The minimum atomic E-state index is 0.132. The van der Waals surface area contributed by atoms with Crippen LogP contribution in [0.3, 0.4) is 0 Å². The van der Waals surface area contributed by atoms with Crippen LogP contribution in [-0.4, -0.2) is 29.5 Å². The van der Waals surface area contributed by atoms with Gasteiger partial charge in [-0.1, -0.05) is 0 Å². The molecule has 0 unspecified atom stereocenters. The Morgan fingerprint density at radius 2 is 2.56 bits per heavy atom. The summed E-state index contributed by atoms with van der Waals surface area (Å²) in [5, 5.41) is 13.9. The zero-order valence-corrected chi connectivity index (χ0v) is 4.99. The van der Waals surface area contributed by atoms with Gasteiger partial charge in [-0.3, -0.25) is 5.01 Å². The maximum atomic E-state index is 8.45. The van der Waals surface area contributed by atoms with E-state index in [1.807, 2.05) is 6.20 Å². The fourth-order valence-corrected chi connectivity index (χ4v) is 0.559. The van der Waals surface area contributed by atoms with Gasteiger partial charge < -0.3 is 5.11 Å². The van der Waals surface area contributed by atoms with Gasteiger partial charge in [0.05, 0.1) is 19.4 Å². The third-order valence-electron chi connectivity index (χ3n) is 0.954. The molecule has 0 saturated heterocycles. The summed E-state index contributed by atoms with van der Waals surface area (Å²) in [5.74, 6) is 0. The molecule has 0 saturated carbocycles. The maximum absolute atomic E-state index is 8.45. The molecule has 1 rings (SSSR count). The van der Waals surface area contributed by atoms with Crippen molar-refractivity contribution in [2.75, 3.05) is 13.2 Å². The molecule has 0 aromatic carbocycles. The van der Waals surface area contributed by atoms with Gasteiger partial charge in [0.25, 0.3) is 0 Å². The Hall–Kier alpha value is -1.03. The van der Waals surface area contributed by atoms with E-state index in [1.54, 1.807) is 17.3 Å². The third kappa shape index (κ3) is 1.73. The molecule has 0 radical (unpaired) electrons. The quantitative estimate of drug-likeness (QED) is 0.515. The molecule has 0 aromatic rings. The Labute approximate surface area is 53.4 Å². The standard InChI is InChI=1S/C5H9N3O/c9-5-4-8-3-1-2-6-7-8/h1-3,7,9H,4-5H2. The Morgan fingerprint density at radius 3 is 3.11 bits per heavy atom. The van der Waals surface area contributed by atoms with Crippen LogP contribution in [-0.2, 0) is 0 Å². The number of nitrogens with one attached hydrogen (secondary N) is 1. The van der Waals surface area contributed by atoms with E-state index in [0.29, 0.717) is 6.54 Å².